The predicted molar refractivity (Wildman–Crippen MR) is 38.1 cm³/mol. The van der Waals surface area contributed by atoms with Crippen molar-refractivity contribution < 1.29 is 9.68 Å². The van der Waals surface area contributed by atoms with Crippen molar-refractivity contribution in [2.24, 2.45) is 0 Å². The second-order valence-electron chi connectivity index (χ2n) is 1.95. The second kappa shape index (κ2) is 5.72. The number of hydrogen-bond donors (Lipinski definition) is 2. The molecule has 0 aromatic rings. The molecule has 0 aromatic carbocycles. The van der Waals surface area contributed by atoms with Crippen LogP contribution in [0.2, 0.25) is 0 Å². The van der Waals surface area contributed by atoms with Crippen LogP contribution in [0.5, 0.6) is 0 Å². The fourth-order valence-electron chi connectivity index (χ4n) is 0.523. The summed E-state index contributed by atoms with van der Waals surface area (Å²) in [7, 11) is 1.90. The van der Waals surface area contributed by atoms with Crippen molar-refractivity contribution in [3.63, 3.8) is 0 Å². The molecule has 0 rings (SSSR count). The Morgan fingerprint density at radius 1 is 1.56 bits per heavy atom. The minimum atomic E-state index is 0.188. The lowest BCUT2D eigenvalue weighted by molar-refractivity contribution is -0.519. The fraction of sp³-hybridized carbons (Fsp3) is 0.833. The number of aliphatic hydroxyl groups is 1. The van der Waals surface area contributed by atoms with Crippen LogP contribution in [0, 0.1) is 0 Å². The summed E-state index contributed by atoms with van der Waals surface area (Å²) in [5.74, 6) is 0. The molecule has 0 amide bonds. The molecule has 0 saturated heterocycles. The fourth-order valence-corrected chi connectivity index (χ4v) is 0.523. The molecule has 0 aliphatic rings. The summed E-state index contributed by atoms with van der Waals surface area (Å²) < 4.78 is 1.83. The van der Waals surface area contributed by atoms with Crippen LogP contribution in [0.4, 0.5) is 0 Å². The first-order valence-electron chi connectivity index (χ1n) is 3.12. The number of nitrogens with zero attached hydrogens (tertiary/aromatic N) is 1. The molecule has 0 aliphatic carbocycles. The van der Waals surface area contributed by atoms with Gasteiger partial charge in [0, 0.05) is 0 Å². The van der Waals surface area contributed by atoms with Crippen molar-refractivity contribution in [1.29, 1.82) is 0 Å². The van der Waals surface area contributed by atoms with Crippen molar-refractivity contribution in [3.8, 4) is 0 Å². The van der Waals surface area contributed by atoms with Gasteiger partial charge in [-0.1, -0.05) is 0 Å². The standard InChI is InChI=1S/C6H15N2O/c1-7-3-4-8(2)5-6-9/h7,9H,2-6H2,1H3/q+1. The van der Waals surface area contributed by atoms with Crippen LogP contribution in [0.15, 0.2) is 0 Å². The highest BCUT2D eigenvalue weighted by atomic mass is 16.3. The molecule has 3 heteroatoms. The van der Waals surface area contributed by atoms with Gasteiger partial charge >= 0.3 is 0 Å². The third-order valence-corrected chi connectivity index (χ3v) is 1.09. The van der Waals surface area contributed by atoms with E-state index in [-0.39, 0.29) is 6.61 Å². The second-order valence-corrected chi connectivity index (χ2v) is 1.95. The monoisotopic (exact) mass is 131 g/mol. The lowest BCUT2D eigenvalue weighted by atomic mass is 10.5. The Kier molecular flexibility index (Phi) is 5.46. The summed E-state index contributed by atoms with van der Waals surface area (Å²) in [6.07, 6.45) is 0. The molecule has 0 aliphatic heterocycles. The van der Waals surface area contributed by atoms with Crippen molar-refractivity contribution in [2.75, 3.05) is 33.3 Å². The lowest BCUT2D eigenvalue weighted by Gasteiger charge is -1.97. The first-order valence-corrected chi connectivity index (χ1v) is 3.12. The average molecular weight is 131 g/mol. The molecular weight excluding hydrogens is 116 g/mol. The Labute approximate surface area is 56.0 Å². The van der Waals surface area contributed by atoms with Crippen molar-refractivity contribution in [1.82, 2.24) is 5.32 Å². The van der Waals surface area contributed by atoms with E-state index in [0.717, 1.165) is 13.1 Å². The van der Waals surface area contributed by atoms with Crippen LogP contribution in [0.1, 0.15) is 0 Å². The third kappa shape index (κ3) is 5.46. The van der Waals surface area contributed by atoms with Crippen LogP contribution in [0.3, 0.4) is 0 Å². The van der Waals surface area contributed by atoms with E-state index >= 15 is 0 Å². The van der Waals surface area contributed by atoms with E-state index in [0.29, 0.717) is 6.54 Å². The number of rotatable bonds is 5. The van der Waals surface area contributed by atoms with Crippen molar-refractivity contribution in [2.45, 2.75) is 0 Å². The Balaban J connectivity index is 3.06. The summed E-state index contributed by atoms with van der Waals surface area (Å²) in [4.78, 5) is 0. The van der Waals surface area contributed by atoms with Crippen LogP contribution in [-0.4, -0.2) is 49.7 Å². The summed E-state index contributed by atoms with van der Waals surface area (Å²) in [5, 5.41) is 11.4. The van der Waals surface area contributed by atoms with E-state index in [2.05, 4.69) is 12.0 Å². The van der Waals surface area contributed by atoms with Crippen LogP contribution >= 0.6 is 0 Å². The smallest absolute Gasteiger partial charge is 0.165 e. The molecule has 0 aromatic heterocycles. The Morgan fingerprint density at radius 2 is 2.22 bits per heavy atom. The SMILES string of the molecule is C=[N+](CCO)CCNC. The lowest BCUT2D eigenvalue weighted by Crippen LogP contribution is -2.24. The molecule has 54 valence electrons. The Hall–Kier alpha value is -0.410. The van der Waals surface area contributed by atoms with Gasteiger partial charge in [0.1, 0.15) is 13.3 Å². The van der Waals surface area contributed by atoms with Gasteiger partial charge in [-0.2, -0.15) is 0 Å². The topological polar surface area (TPSA) is 35.3 Å². The van der Waals surface area contributed by atoms with E-state index in [1.54, 1.807) is 0 Å². The third-order valence-electron chi connectivity index (χ3n) is 1.09. The molecule has 0 radical (unpaired) electrons. The summed E-state index contributed by atoms with van der Waals surface area (Å²) in [5.41, 5.74) is 0. The molecular formula is C6H15N2O+. The number of likely N-dealkylation sites (N-methyl/N-ethyl adjacent to an activating group) is 1. The quantitative estimate of drug-likeness (QED) is 0.367. The highest BCUT2D eigenvalue weighted by Crippen LogP contribution is 1.68. The minimum absolute atomic E-state index is 0.188. The normalized spacial score (nSPS) is 9.56. The van der Waals surface area contributed by atoms with E-state index in [1.807, 2.05) is 11.6 Å². The zero-order valence-electron chi connectivity index (χ0n) is 5.93. The van der Waals surface area contributed by atoms with Gasteiger partial charge in [-0.25, -0.2) is 4.58 Å². The highest BCUT2D eigenvalue weighted by molar-refractivity contribution is 5.14. The van der Waals surface area contributed by atoms with Crippen molar-refractivity contribution >= 4 is 6.72 Å². The maximum Gasteiger partial charge on any atom is 0.165 e. The molecule has 0 fully saturated rings. The Bertz CT molecular complexity index is 83.1. The number of hydrogen-bond acceptors (Lipinski definition) is 2. The first-order chi connectivity index (χ1) is 4.31. The van der Waals surface area contributed by atoms with Crippen molar-refractivity contribution in [3.05, 3.63) is 0 Å². The molecule has 2 N–H and O–H groups in total. The maximum absolute atomic E-state index is 8.43. The van der Waals surface area contributed by atoms with E-state index in [4.69, 9.17) is 5.11 Å². The Morgan fingerprint density at radius 3 is 2.67 bits per heavy atom. The van der Waals surface area contributed by atoms with Gasteiger partial charge in [-0.05, 0) is 7.05 Å². The largest absolute Gasteiger partial charge is 0.390 e. The molecule has 9 heavy (non-hydrogen) atoms. The van der Waals surface area contributed by atoms with Gasteiger partial charge in [-0.15, -0.1) is 0 Å². The van der Waals surface area contributed by atoms with Gasteiger partial charge < -0.3 is 10.4 Å². The predicted octanol–water partition coefficient (Wildman–Crippen LogP) is -1.09. The zero-order valence-corrected chi connectivity index (χ0v) is 5.93. The molecule has 0 saturated carbocycles. The average Bonchev–Trinajstić information content (AvgIpc) is 1.85. The van der Waals surface area contributed by atoms with E-state index < -0.39 is 0 Å². The molecule has 0 atom stereocenters. The zero-order chi connectivity index (χ0) is 7.11. The van der Waals surface area contributed by atoms with Gasteiger partial charge in [-0.3, -0.25) is 0 Å². The molecule has 0 spiro atoms. The van der Waals surface area contributed by atoms with Gasteiger partial charge in [0.25, 0.3) is 0 Å². The molecule has 0 bridgehead atoms. The number of aliphatic hydroxyl groups excluding tert-OH is 1. The van der Waals surface area contributed by atoms with Gasteiger partial charge in [0.2, 0.25) is 0 Å². The molecule has 3 nitrogen and oxygen atoms in total. The van der Waals surface area contributed by atoms with E-state index in [1.165, 1.54) is 0 Å². The van der Waals surface area contributed by atoms with E-state index in [9.17, 15) is 0 Å². The minimum Gasteiger partial charge on any atom is -0.390 e. The molecule has 0 heterocycles. The maximum atomic E-state index is 8.43. The van der Waals surface area contributed by atoms with Gasteiger partial charge in [0.05, 0.1) is 6.54 Å². The summed E-state index contributed by atoms with van der Waals surface area (Å²) in [6, 6.07) is 0. The molecule has 0 unspecified atom stereocenters. The van der Waals surface area contributed by atoms with Crippen LogP contribution < -0.4 is 5.32 Å². The summed E-state index contributed by atoms with van der Waals surface area (Å²) in [6.45, 7) is 6.35. The highest BCUT2D eigenvalue weighted by Gasteiger charge is 1.95. The van der Waals surface area contributed by atoms with Crippen LogP contribution in [0.25, 0.3) is 0 Å². The summed E-state index contributed by atoms with van der Waals surface area (Å²) >= 11 is 0. The first kappa shape index (κ1) is 8.59. The van der Waals surface area contributed by atoms with Gasteiger partial charge in [0.15, 0.2) is 13.1 Å². The van der Waals surface area contributed by atoms with Crippen LogP contribution in [-0.2, 0) is 0 Å². The number of nitrogens with one attached hydrogen (secondary N) is 1.